The van der Waals surface area contributed by atoms with Crippen LogP contribution in [0.2, 0.25) is 0 Å². The summed E-state index contributed by atoms with van der Waals surface area (Å²) in [6.07, 6.45) is 37.8. The zero-order chi connectivity index (χ0) is 55.8. The Labute approximate surface area is 469 Å². The first-order valence-corrected chi connectivity index (χ1v) is 31.1. The van der Waals surface area contributed by atoms with Gasteiger partial charge in [-0.2, -0.15) is 0 Å². The predicted molar refractivity (Wildman–Crippen MR) is 308 cm³/mol. The second-order valence-corrected chi connectivity index (χ2v) is 20.8. The zero-order valence-electron chi connectivity index (χ0n) is 49.6. The third kappa shape index (κ3) is 47.6. The molecule has 1 rings (SSSR count). The van der Waals surface area contributed by atoms with Crippen molar-refractivity contribution >= 4 is 23.8 Å². The minimum atomic E-state index is -0.711. The summed E-state index contributed by atoms with van der Waals surface area (Å²) in [5.74, 6) is -0.470. The third-order valence-electron chi connectivity index (χ3n) is 13.8. The van der Waals surface area contributed by atoms with Crippen LogP contribution in [-0.2, 0) is 61.8 Å². The molecule has 450 valence electrons. The number of carbonyl (C=O) groups is 4. The van der Waals surface area contributed by atoms with Gasteiger partial charge in [0.1, 0.15) is 19.8 Å². The Balaban J connectivity index is 2.52. The van der Waals surface area contributed by atoms with E-state index in [2.05, 4.69) is 44.9 Å². The molecule has 0 spiro atoms. The SMILES string of the molecule is CCCCCC/C=C\COC(=O)CCCCCCCOCC(OCCCCCCCC(=O)OC/C=C\CCCCCC)C(=O)N(CCCCCCCC)CCOCCOCCOCCOCCOC(=O)C1CCN(C)CC1. The fourth-order valence-corrected chi connectivity index (χ4v) is 8.81. The molecule has 0 aromatic carbocycles. The molecule has 0 N–H and O–H groups in total. The van der Waals surface area contributed by atoms with Crippen LogP contribution in [-0.4, -0.2) is 165 Å². The smallest absolute Gasteiger partial charge is 0.309 e. The van der Waals surface area contributed by atoms with Gasteiger partial charge in [-0.3, -0.25) is 19.2 Å². The molecule has 0 saturated carbocycles. The summed E-state index contributed by atoms with van der Waals surface area (Å²) in [7, 11) is 2.07. The van der Waals surface area contributed by atoms with Gasteiger partial charge in [0.05, 0.1) is 65.4 Å². The molecule has 0 aromatic heterocycles. The molecule has 1 fully saturated rings. The highest BCUT2D eigenvalue weighted by Gasteiger charge is 2.26. The summed E-state index contributed by atoms with van der Waals surface area (Å²) in [5.41, 5.74) is 0. The van der Waals surface area contributed by atoms with Crippen LogP contribution in [0.1, 0.15) is 213 Å². The molecule has 1 aliphatic rings. The summed E-state index contributed by atoms with van der Waals surface area (Å²) >= 11 is 0. The van der Waals surface area contributed by atoms with Crippen molar-refractivity contribution < 1.29 is 61.8 Å². The first-order valence-electron chi connectivity index (χ1n) is 31.1. The van der Waals surface area contributed by atoms with Crippen molar-refractivity contribution in [3.8, 4) is 0 Å². The van der Waals surface area contributed by atoms with Gasteiger partial charge in [0, 0.05) is 39.1 Å². The maximum Gasteiger partial charge on any atom is 0.309 e. The largest absolute Gasteiger partial charge is 0.463 e. The van der Waals surface area contributed by atoms with Gasteiger partial charge < -0.3 is 52.4 Å². The number of nitrogens with zero attached hydrogens (tertiary/aromatic N) is 2. The molecule has 77 heavy (non-hydrogen) atoms. The number of amides is 1. The first-order chi connectivity index (χ1) is 37.8. The minimum Gasteiger partial charge on any atom is -0.463 e. The van der Waals surface area contributed by atoms with Gasteiger partial charge in [-0.25, -0.2) is 0 Å². The van der Waals surface area contributed by atoms with Crippen molar-refractivity contribution in [3.05, 3.63) is 24.3 Å². The fourth-order valence-electron chi connectivity index (χ4n) is 8.81. The van der Waals surface area contributed by atoms with E-state index in [9.17, 15) is 19.2 Å². The lowest BCUT2D eigenvalue weighted by Crippen LogP contribution is -2.45. The second-order valence-electron chi connectivity index (χ2n) is 20.8. The topological polar surface area (TPSA) is 158 Å². The average Bonchev–Trinajstić information content (AvgIpc) is 3.43. The molecular formula is C62H114N2O13. The van der Waals surface area contributed by atoms with Crippen LogP contribution in [0.15, 0.2) is 24.3 Å². The second kappa shape index (κ2) is 56.4. The number of likely N-dealkylation sites (tertiary alicyclic amines) is 1. The number of hydrogen-bond donors (Lipinski definition) is 0. The zero-order valence-corrected chi connectivity index (χ0v) is 49.6. The molecular weight excluding hydrogens is 981 g/mol. The van der Waals surface area contributed by atoms with E-state index >= 15 is 0 Å². The summed E-state index contributed by atoms with van der Waals surface area (Å²) < 4.78 is 51.5. The van der Waals surface area contributed by atoms with Gasteiger partial charge in [0.15, 0.2) is 6.10 Å². The van der Waals surface area contributed by atoms with Crippen molar-refractivity contribution in [2.75, 3.05) is 126 Å². The van der Waals surface area contributed by atoms with Crippen molar-refractivity contribution in [3.63, 3.8) is 0 Å². The van der Waals surface area contributed by atoms with E-state index in [0.29, 0.717) is 105 Å². The van der Waals surface area contributed by atoms with E-state index in [1.807, 2.05) is 17.1 Å². The van der Waals surface area contributed by atoms with E-state index in [4.69, 9.17) is 42.6 Å². The minimum absolute atomic E-state index is 0.00644. The molecule has 1 amide bonds. The molecule has 1 unspecified atom stereocenters. The van der Waals surface area contributed by atoms with Crippen LogP contribution >= 0.6 is 0 Å². The molecule has 15 heteroatoms. The molecule has 1 atom stereocenters. The standard InChI is InChI=1S/C62H114N2O13/c1-5-8-11-14-17-25-33-45-75-59(65)35-28-21-19-24-31-43-73-56-58(74-44-32-27-20-22-29-36-60(66)76-46-34-26-18-15-12-9-6-2)61(67)64(39-30-23-16-13-10-7-3)42-47-69-48-49-70-50-51-71-52-53-72-54-55-77-62(68)57-37-40-63(4)41-38-57/h25-26,33-34,57-58H,5-24,27-32,35-56H2,1-4H3/b33-25-,34-26-. The van der Waals surface area contributed by atoms with Crippen LogP contribution in [0, 0.1) is 5.92 Å². The van der Waals surface area contributed by atoms with Crippen molar-refractivity contribution in [2.45, 2.75) is 219 Å². The third-order valence-corrected chi connectivity index (χ3v) is 13.8. The summed E-state index contributed by atoms with van der Waals surface area (Å²) in [4.78, 5) is 55.0. The Bertz CT molecular complexity index is 1410. The van der Waals surface area contributed by atoms with E-state index in [0.717, 1.165) is 122 Å². The normalized spacial score (nSPS) is 13.7. The molecule has 0 bridgehead atoms. The summed E-state index contributed by atoms with van der Waals surface area (Å²) in [5, 5.41) is 0. The number of carbonyl (C=O) groups excluding carboxylic acids is 4. The van der Waals surface area contributed by atoms with Crippen LogP contribution in [0.5, 0.6) is 0 Å². The predicted octanol–water partition coefficient (Wildman–Crippen LogP) is 12.3. The van der Waals surface area contributed by atoms with Crippen molar-refractivity contribution in [1.29, 1.82) is 0 Å². The molecule has 0 aliphatic carbocycles. The highest BCUT2D eigenvalue weighted by Crippen LogP contribution is 2.18. The summed E-state index contributed by atoms with van der Waals surface area (Å²) in [6, 6.07) is 0. The van der Waals surface area contributed by atoms with Crippen molar-refractivity contribution in [1.82, 2.24) is 9.80 Å². The first kappa shape index (κ1) is 72.1. The van der Waals surface area contributed by atoms with Gasteiger partial charge in [-0.05, 0) is 90.8 Å². The number of rotatable bonds is 57. The van der Waals surface area contributed by atoms with Crippen LogP contribution in [0.4, 0.5) is 0 Å². The Kier molecular flexibility index (Phi) is 52.8. The van der Waals surface area contributed by atoms with Gasteiger partial charge in [0.2, 0.25) is 0 Å². The van der Waals surface area contributed by atoms with E-state index in [1.54, 1.807) is 0 Å². The number of unbranched alkanes of at least 4 members (excludes halogenated alkanes) is 21. The Morgan fingerprint density at radius 3 is 1.43 bits per heavy atom. The average molecular weight is 1100 g/mol. The molecule has 1 aliphatic heterocycles. The Morgan fingerprint density at radius 1 is 0.455 bits per heavy atom. The van der Waals surface area contributed by atoms with Gasteiger partial charge in [0.25, 0.3) is 5.91 Å². The molecule has 0 radical (unpaired) electrons. The molecule has 1 heterocycles. The number of allylic oxidation sites excluding steroid dienone is 2. The number of ether oxygens (including phenoxy) is 9. The van der Waals surface area contributed by atoms with Gasteiger partial charge in [-0.1, -0.05) is 154 Å². The molecule has 15 nitrogen and oxygen atoms in total. The number of hydrogen-bond acceptors (Lipinski definition) is 14. The van der Waals surface area contributed by atoms with E-state index in [-0.39, 0.29) is 42.9 Å². The number of piperidine rings is 1. The lowest BCUT2D eigenvalue weighted by atomic mass is 9.97. The fraction of sp³-hybridized carbons (Fsp3) is 0.871. The highest BCUT2D eigenvalue weighted by molar-refractivity contribution is 5.81. The van der Waals surface area contributed by atoms with Crippen LogP contribution in [0.25, 0.3) is 0 Å². The quantitative estimate of drug-likeness (QED) is 0.0245. The monoisotopic (exact) mass is 1090 g/mol. The Morgan fingerprint density at radius 2 is 0.896 bits per heavy atom. The van der Waals surface area contributed by atoms with Crippen LogP contribution in [0.3, 0.4) is 0 Å². The number of esters is 3. The van der Waals surface area contributed by atoms with Gasteiger partial charge in [-0.15, -0.1) is 0 Å². The molecule has 1 saturated heterocycles. The van der Waals surface area contributed by atoms with Crippen LogP contribution < -0.4 is 0 Å². The van der Waals surface area contributed by atoms with E-state index < -0.39 is 6.10 Å². The highest BCUT2D eigenvalue weighted by atomic mass is 16.6. The van der Waals surface area contributed by atoms with Crippen molar-refractivity contribution in [2.24, 2.45) is 5.92 Å². The molecule has 0 aromatic rings. The maximum absolute atomic E-state index is 14.3. The van der Waals surface area contributed by atoms with Gasteiger partial charge >= 0.3 is 17.9 Å². The van der Waals surface area contributed by atoms with E-state index in [1.165, 1.54) is 70.6 Å². The maximum atomic E-state index is 14.3. The Hall–Kier alpha value is -2.92. The lowest BCUT2D eigenvalue weighted by molar-refractivity contribution is -0.152. The summed E-state index contributed by atoms with van der Waals surface area (Å²) in [6.45, 7) is 15.0. The lowest BCUT2D eigenvalue weighted by Gasteiger charge is -2.28.